The minimum atomic E-state index is -0.00962. The van der Waals surface area contributed by atoms with Crippen LogP contribution >= 0.6 is 11.3 Å². The number of fused-ring (bicyclic) bond motifs is 1. The van der Waals surface area contributed by atoms with E-state index >= 15 is 0 Å². The molecule has 0 bridgehead atoms. The van der Waals surface area contributed by atoms with Crippen molar-refractivity contribution >= 4 is 27.2 Å². The summed E-state index contributed by atoms with van der Waals surface area (Å²) in [4.78, 5) is 14.2. The van der Waals surface area contributed by atoms with Crippen molar-refractivity contribution in [3.05, 3.63) is 95.1 Å². The number of thiophene rings is 1. The van der Waals surface area contributed by atoms with Crippen molar-refractivity contribution < 1.29 is 14.6 Å². The van der Waals surface area contributed by atoms with Gasteiger partial charge in [0.15, 0.2) is 0 Å². The third-order valence-electron chi connectivity index (χ3n) is 4.87. The van der Waals surface area contributed by atoms with E-state index in [1.54, 1.807) is 12.1 Å². The lowest BCUT2D eigenvalue weighted by Gasteiger charge is -2.09. The number of hydrogen-bond acceptors (Lipinski definition) is 4. The third-order valence-corrected chi connectivity index (χ3v) is 6.02. The van der Waals surface area contributed by atoms with Gasteiger partial charge in [-0.2, -0.15) is 0 Å². The molecule has 0 atom stereocenters. The van der Waals surface area contributed by atoms with Gasteiger partial charge in [0.25, 0.3) is 0 Å². The first kappa shape index (κ1) is 19.0. The van der Waals surface area contributed by atoms with Gasteiger partial charge in [-0.3, -0.25) is 4.79 Å². The van der Waals surface area contributed by atoms with Crippen LogP contribution in [0.15, 0.2) is 73.5 Å². The molecule has 3 aromatic carbocycles. The van der Waals surface area contributed by atoms with Gasteiger partial charge in [-0.1, -0.05) is 42.5 Å². The molecular weight excluding hydrogens is 380 g/mol. The average Bonchev–Trinajstić information content (AvgIpc) is 3.07. The fraction of sp³-hybridized carbons (Fsp3) is 0.0800. The first-order valence-corrected chi connectivity index (χ1v) is 10.0. The molecule has 29 heavy (non-hydrogen) atoms. The molecule has 1 aromatic heterocycles. The summed E-state index contributed by atoms with van der Waals surface area (Å²) in [5.41, 5.74) is 4.57. The third kappa shape index (κ3) is 3.55. The van der Waals surface area contributed by atoms with Crippen molar-refractivity contribution in [2.24, 2.45) is 0 Å². The maximum absolute atomic E-state index is 13.5. The quantitative estimate of drug-likeness (QED) is 0.301. The van der Waals surface area contributed by atoms with Gasteiger partial charge in [0.2, 0.25) is 5.78 Å². The van der Waals surface area contributed by atoms with Gasteiger partial charge in [-0.25, -0.2) is 0 Å². The fourth-order valence-corrected chi connectivity index (χ4v) is 4.73. The largest absolute Gasteiger partial charge is 0.508 e. The molecule has 0 spiro atoms. The number of carbonyl (C=O) groups is 1. The second-order valence-electron chi connectivity index (χ2n) is 6.94. The summed E-state index contributed by atoms with van der Waals surface area (Å²) in [7, 11) is 0. The number of aromatic hydroxyl groups is 1. The maximum atomic E-state index is 13.5. The van der Waals surface area contributed by atoms with Crippen LogP contribution in [-0.4, -0.2) is 10.9 Å². The summed E-state index contributed by atoms with van der Waals surface area (Å²) >= 11 is 1.41. The van der Waals surface area contributed by atoms with E-state index in [0.717, 1.165) is 32.3 Å². The molecule has 4 rings (SSSR count). The maximum Gasteiger partial charge on any atom is 0.203 e. The number of phenols is 1. The average molecular weight is 400 g/mol. The van der Waals surface area contributed by atoms with Crippen molar-refractivity contribution in [3.63, 3.8) is 0 Å². The molecule has 1 heterocycles. The van der Waals surface area contributed by atoms with E-state index in [1.807, 2.05) is 62.4 Å². The predicted octanol–water partition coefficient (Wildman–Crippen LogP) is 6.64. The van der Waals surface area contributed by atoms with Crippen LogP contribution in [0, 0.1) is 13.8 Å². The highest BCUT2D eigenvalue weighted by atomic mass is 32.1. The highest BCUT2D eigenvalue weighted by Crippen LogP contribution is 2.41. The molecular formula is C25H20O3S. The van der Waals surface area contributed by atoms with Crippen LogP contribution in [0.1, 0.15) is 26.4 Å². The Kier molecular flexibility index (Phi) is 4.95. The zero-order valence-electron chi connectivity index (χ0n) is 16.2. The van der Waals surface area contributed by atoms with Crippen LogP contribution in [0.2, 0.25) is 0 Å². The molecule has 0 aliphatic heterocycles. The zero-order valence-corrected chi connectivity index (χ0v) is 17.0. The van der Waals surface area contributed by atoms with E-state index in [2.05, 4.69) is 6.58 Å². The number of ketones is 1. The van der Waals surface area contributed by atoms with E-state index in [-0.39, 0.29) is 11.5 Å². The molecule has 0 saturated carbocycles. The standard InChI is InChI=1S/C25H20O3S/c1-4-28-19-9-6-17(7-10-19)23-21-12-8-18(26)14-22(21)29-25(23)24(27)20-11-5-15(2)13-16(20)3/h4-14,26H,1H2,2-3H3. The summed E-state index contributed by atoms with van der Waals surface area (Å²) in [5, 5.41) is 10.9. The minimum Gasteiger partial charge on any atom is -0.508 e. The lowest BCUT2D eigenvalue weighted by atomic mass is 9.95. The van der Waals surface area contributed by atoms with Crippen LogP contribution < -0.4 is 4.74 Å². The molecule has 1 N–H and O–H groups in total. The number of carbonyl (C=O) groups excluding carboxylic acids is 1. The smallest absolute Gasteiger partial charge is 0.203 e. The van der Waals surface area contributed by atoms with Gasteiger partial charge in [0, 0.05) is 21.2 Å². The van der Waals surface area contributed by atoms with Crippen LogP contribution in [-0.2, 0) is 0 Å². The first-order chi connectivity index (χ1) is 14.0. The molecule has 0 saturated heterocycles. The number of hydrogen-bond donors (Lipinski definition) is 1. The van der Waals surface area contributed by atoms with Gasteiger partial charge in [-0.15, -0.1) is 11.3 Å². The summed E-state index contributed by atoms with van der Waals surface area (Å²) in [6, 6.07) is 18.7. The normalized spacial score (nSPS) is 10.8. The molecule has 0 aliphatic carbocycles. The number of phenolic OH excluding ortho intramolecular Hbond substituents is 1. The predicted molar refractivity (Wildman–Crippen MR) is 119 cm³/mol. The van der Waals surface area contributed by atoms with Crippen LogP contribution in [0.3, 0.4) is 0 Å². The SMILES string of the molecule is C=COc1ccc(-c2c(C(=O)c3ccc(C)cc3C)sc3cc(O)ccc23)cc1. The number of benzene rings is 3. The van der Waals surface area contributed by atoms with Gasteiger partial charge in [0.05, 0.1) is 11.1 Å². The summed E-state index contributed by atoms with van der Waals surface area (Å²) in [6.45, 7) is 7.55. The monoisotopic (exact) mass is 400 g/mol. The summed E-state index contributed by atoms with van der Waals surface area (Å²) in [5.74, 6) is 0.860. The fourth-order valence-electron chi connectivity index (χ4n) is 3.52. The Morgan fingerprint density at radius 3 is 2.48 bits per heavy atom. The van der Waals surface area contributed by atoms with Gasteiger partial charge < -0.3 is 9.84 Å². The molecule has 4 aromatic rings. The Morgan fingerprint density at radius 1 is 1.03 bits per heavy atom. The first-order valence-electron chi connectivity index (χ1n) is 9.23. The lowest BCUT2D eigenvalue weighted by Crippen LogP contribution is -2.03. The molecule has 4 heteroatoms. The Labute approximate surface area is 173 Å². The van der Waals surface area contributed by atoms with Crippen molar-refractivity contribution in [3.8, 4) is 22.6 Å². The van der Waals surface area contributed by atoms with Crippen LogP contribution in [0.4, 0.5) is 0 Å². The van der Waals surface area contributed by atoms with E-state index in [9.17, 15) is 9.90 Å². The molecule has 0 amide bonds. The van der Waals surface area contributed by atoms with Crippen molar-refractivity contribution in [1.29, 1.82) is 0 Å². The summed E-state index contributed by atoms with van der Waals surface area (Å²) in [6.07, 6.45) is 1.38. The molecule has 0 unspecified atom stereocenters. The molecule has 144 valence electrons. The Bertz CT molecular complexity index is 1230. The minimum absolute atomic E-state index is 0.00962. The molecule has 0 radical (unpaired) electrons. The van der Waals surface area contributed by atoms with Crippen molar-refractivity contribution in [1.82, 2.24) is 0 Å². The van der Waals surface area contributed by atoms with E-state index < -0.39 is 0 Å². The Balaban J connectivity index is 1.92. The van der Waals surface area contributed by atoms with Gasteiger partial charge in [0.1, 0.15) is 11.5 Å². The Hall–Kier alpha value is -3.37. The van der Waals surface area contributed by atoms with Crippen LogP contribution in [0.25, 0.3) is 21.2 Å². The van der Waals surface area contributed by atoms with Crippen molar-refractivity contribution in [2.45, 2.75) is 13.8 Å². The Morgan fingerprint density at radius 2 is 1.79 bits per heavy atom. The highest BCUT2D eigenvalue weighted by Gasteiger charge is 2.22. The van der Waals surface area contributed by atoms with E-state index in [0.29, 0.717) is 16.2 Å². The number of rotatable bonds is 5. The van der Waals surface area contributed by atoms with E-state index in [4.69, 9.17) is 4.74 Å². The van der Waals surface area contributed by atoms with Gasteiger partial charge >= 0.3 is 0 Å². The lowest BCUT2D eigenvalue weighted by molar-refractivity contribution is 0.104. The second kappa shape index (κ2) is 7.57. The van der Waals surface area contributed by atoms with Crippen molar-refractivity contribution in [2.75, 3.05) is 0 Å². The van der Waals surface area contributed by atoms with Crippen LogP contribution in [0.5, 0.6) is 11.5 Å². The molecule has 0 fully saturated rings. The van der Waals surface area contributed by atoms with Gasteiger partial charge in [-0.05, 0) is 55.3 Å². The number of aryl methyl sites for hydroxylation is 2. The molecule has 0 aliphatic rings. The molecule has 3 nitrogen and oxygen atoms in total. The topological polar surface area (TPSA) is 46.5 Å². The second-order valence-corrected chi connectivity index (χ2v) is 8.00. The highest BCUT2D eigenvalue weighted by molar-refractivity contribution is 7.21. The van der Waals surface area contributed by atoms with E-state index in [1.165, 1.54) is 17.6 Å². The summed E-state index contributed by atoms with van der Waals surface area (Å²) < 4.78 is 6.20. The number of ether oxygens (including phenoxy) is 1. The zero-order chi connectivity index (χ0) is 20.5.